The minimum absolute atomic E-state index is 0.160. The summed E-state index contributed by atoms with van der Waals surface area (Å²) in [7, 11) is 0. The summed E-state index contributed by atoms with van der Waals surface area (Å²) in [5.74, 6) is -0.172. The van der Waals surface area contributed by atoms with Crippen LogP contribution in [0.5, 0.6) is 5.75 Å². The Morgan fingerprint density at radius 2 is 1.76 bits per heavy atom. The summed E-state index contributed by atoms with van der Waals surface area (Å²) < 4.78 is 0. The van der Waals surface area contributed by atoms with Crippen LogP contribution in [0.25, 0.3) is 10.8 Å². The van der Waals surface area contributed by atoms with Crippen LogP contribution in [-0.2, 0) is 0 Å². The van der Waals surface area contributed by atoms with Gasteiger partial charge >= 0.3 is 0 Å². The fraction of sp³-hybridized carbons (Fsp3) is 0. The van der Waals surface area contributed by atoms with Gasteiger partial charge in [-0.25, -0.2) is 0 Å². The zero-order valence-corrected chi connectivity index (χ0v) is 11.0. The summed E-state index contributed by atoms with van der Waals surface area (Å²) >= 11 is 0. The molecule has 104 valence electrons. The lowest BCUT2D eigenvalue weighted by molar-refractivity contribution is 0.102. The summed E-state index contributed by atoms with van der Waals surface area (Å²) in [5.41, 5.74) is 0.688. The van der Waals surface area contributed by atoms with Crippen LogP contribution in [0.15, 0.2) is 59.5 Å². The molecule has 0 aliphatic carbocycles. The van der Waals surface area contributed by atoms with Crippen LogP contribution in [-0.4, -0.2) is 16.0 Å². The van der Waals surface area contributed by atoms with Crippen molar-refractivity contribution in [2.75, 3.05) is 5.32 Å². The molecule has 1 aromatic heterocycles. The number of fused-ring (bicyclic) bond motifs is 1. The number of aromatic nitrogens is 1. The molecule has 0 saturated heterocycles. The number of benzene rings is 2. The number of phenols is 1. The first kappa shape index (κ1) is 12.9. The Balaban J connectivity index is 1.98. The van der Waals surface area contributed by atoms with Crippen LogP contribution in [0.4, 0.5) is 5.69 Å². The SMILES string of the molecule is O=C(Nc1cccc2c(O)cccc12)c1ccc(=O)[nH]c1. The quantitative estimate of drug-likeness (QED) is 0.674. The van der Waals surface area contributed by atoms with Gasteiger partial charge in [-0.15, -0.1) is 0 Å². The molecule has 5 heteroatoms. The van der Waals surface area contributed by atoms with Gasteiger partial charge < -0.3 is 15.4 Å². The number of hydrogen-bond acceptors (Lipinski definition) is 3. The van der Waals surface area contributed by atoms with Crippen molar-refractivity contribution >= 4 is 22.4 Å². The van der Waals surface area contributed by atoms with E-state index in [1.54, 1.807) is 30.3 Å². The van der Waals surface area contributed by atoms with Crippen molar-refractivity contribution in [1.29, 1.82) is 0 Å². The molecule has 0 bridgehead atoms. The van der Waals surface area contributed by atoms with Crippen molar-refractivity contribution in [2.45, 2.75) is 0 Å². The minimum Gasteiger partial charge on any atom is -0.507 e. The fourth-order valence-electron chi connectivity index (χ4n) is 2.15. The van der Waals surface area contributed by atoms with Crippen LogP contribution < -0.4 is 10.9 Å². The third kappa shape index (κ3) is 2.49. The van der Waals surface area contributed by atoms with Crippen molar-refractivity contribution in [3.63, 3.8) is 0 Å². The van der Waals surface area contributed by atoms with Gasteiger partial charge in [-0.1, -0.05) is 24.3 Å². The molecular weight excluding hydrogens is 268 g/mol. The Morgan fingerprint density at radius 3 is 2.52 bits per heavy atom. The van der Waals surface area contributed by atoms with Gasteiger partial charge in [-0.2, -0.15) is 0 Å². The monoisotopic (exact) mass is 280 g/mol. The molecule has 2 aromatic carbocycles. The Morgan fingerprint density at radius 1 is 1.00 bits per heavy atom. The van der Waals surface area contributed by atoms with Gasteiger partial charge in [0, 0.05) is 28.7 Å². The molecule has 5 nitrogen and oxygen atoms in total. The number of rotatable bonds is 2. The molecule has 0 aliphatic rings. The number of H-pyrrole nitrogens is 1. The van der Waals surface area contributed by atoms with Crippen LogP contribution in [0.1, 0.15) is 10.4 Å². The maximum Gasteiger partial charge on any atom is 0.257 e. The second-order valence-electron chi connectivity index (χ2n) is 4.57. The number of pyridine rings is 1. The van der Waals surface area contributed by atoms with Gasteiger partial charge in [0.1, 0.15) is 5.75 Å². The first-order chi connectivity index (χ1) is 10.1. The molecule has 0 radical (unpaired) electrons. The predicted molar refractivity (Wildman–Crippen MR) is 80.6 cm³/mol. The zero-order valence-electron chi connectivity index (χ0n) is 11.0. The van der Waals surface area contributed by atoms with Crippen molar-refractivity contribution in [3.8, 4) is 5.75 Å². The molecule has 0 unspecified atom stereocenters. The smallest absolute Gasteiger partial charge is 0.257 e. The van der Waals surface area contributed by atoms with Crippen molar-refractivity contribution in [2.24, 2.45) is 0 Å². The minimum atomic E-state index is -0.331. The zero-order chi connectivity index (χ0) is 14.8. The number of carbonyl (C=O) groups is 1. The summed E-state index contributed by atoms with van der Waals surface area (Å²) in [6, 6.07) is 13.2. The largest absolute Gasteiger partial charge is 0.507 e. The average Bonchev–Trinajstić information content (AvgIpc) is 2.49. The molecule has 3 rings (SSSR count). The molecule has 21 heavy (non-hydrogen) atoms. The summed E-state index contributed by atoms with van der Waals surface area (Å²) in [4.78, 5) is 25.6. The lowest BCUT2D eigenvalue weighted by atomic mass is 10.1. The molecule has 0 saturated carbocycles. The third-order valence-electron chi connectivity index (χ3n) is 3.19. The van der Waals surface area contributed by atoms with E-state index in [2.05, 4.69) is 10.3 Å². The second kappa shape index (κ2) is 5.13. The molecule has 0 atom stereocenters. The average molecular weight is 280 g/mol. The number of nitrogens with one attached hydrogen (secondary N) is 2. The van der Waals surface area contributed by atoms with E-state index in [1.165, 1.54) is 18.3 Å². The molecule has 0 spiro atoms. The van der Waals surface area contributed by atoms with Gasteiger partial charge in [-0.3, -0.25) is 9.59 Å². The van der Waals surface area contributed by atoms with Gasteiger partial charge in [-0.05, 0) is 18.2 Å². The predicted octanol–water partition coefficient (Wildman–Crippen LogP) is 2.49. The Labute approximate surface area is 119 Å². The summed E-state index contributed by atoms with van der Waals surface area (Å²) in [6.07, 6.45) is 1.36. The number of aromatic hydroxyl groups is 1. The highest BCUT2D eigenvalue weighted by Gasteiger charge is 2.09. The second-order valence-corrected chi connectivity index (χ2v) is 4.57. The first-order valence-electron chi connectivity index (χ1n) is 6.36. The van der Waals surface area contributed by atoms with Crippen LogP contribution in [0.2, 0.25) is 0 Å². The maximum absolute atomic E-state index is 12.2. The Kier molecular flexibility index (Phi) is 3.16. The van der Waals surface area contributed by atoms with E-state index in [1.807, 2.05) is 6.07 Å². The van der Waals surface area contributed by atoms with Crippen LogP contribution in [0.3, 0.4) is 0 Å². The number of aromatic amines is 1. The molecule has 3 N–H and O–H groups in total. The molecular formula is C16H12N2O3. The summed E-state index contributed by atoms with van der Waals surface area (Å²) in [6.45, 7) is 0. The van der Waals surface area contributed by atoms with Gasteiger partial charge in [0.05, 0.1) is 5.56 Å². The first-order valence-corrected chi connectivity index (χ1v) is 6.36. The fourth-order valence-corrected chi connectivity index (χ4v) is 2.15. The maximum atomic E-state index is 12.2. The van der Waals surface area contributed by atoms with Crippen LogP contribution in [0, 0.1) is 0 Å². The van der Waals surface area contributed by atoms with Crippen molar-refractivity contribution < 1.29 is 9.90 Å². The van der Waals surface area contributed by atoms with E-state index in [0.717, 1.165) is 5.39 Å². The van der Waals surface area contributed by atoms with E-state index < -0.39 is 0 Å². The number of phenolic OH excluding ortho intramolecular Hbond substituents is 1. The Hall–Kier alpha value is -3.08. The highest BCUT2D eigenvalue weighted by Crippen LogP contribution is 2.29. The molecule has 3 aromatic rings. The lowest BCUT2D eigenvalue weighted by Gasteiger charge is -2.09. The van der Waals surface area contributed by atoms with E-state index in [4.69, 9.17) is 0 Å². The van der Waals surface area contributed by atoms with Crippen molar-refractivity contribution in [3.05, 3.63) is 70.6 Å². The number of hydrogen-bond donors (Lipinski definition) is 3. The molecule has 1 heterocycles. The Bertz CT molecular complexity index is 864. The van der Waals surface area contributed by atoms with Gasteiger partial charge in [0.2, 0.25) is 5.56 Å². The standard InChI is InChI=1S/C16H12N2O3/c19-14-6-2-3-11-12(14)4-1-5-13(11)18-16(21)10-7-8-15(20)17-9-10/h1-9,19H,(H,17,20)(H,18,21). The number of carbonyl (C=O) groups excluding carboxylic acids is 1. The highest BCUT2D eigenvalue weighted by atomic mass is 16.3. The van der Waals surface area contributed by atoms with Gasteiger partial charge in [0.25, 0.3) is 5.91 Å². The number of anilines is 1. The highest BCUT2D eigenvalue weighted by molar-refractivity contribution is 6.09. The van der Waals surface area contributed by atoms with Crippen molar-refractivity contribution in [1.82, 2.24) is 4.98 Å². The summed E-state index contributed by atoms with van der Waals surface area (Å²) in [5, 5.41) is 14.0. The lowest BCUT2D eigenvalue weighted by Crippen LogP contribution is -2.14. The van der Waals surface area contributed by atoms with E-state index in [-0.39, 0.29) is 17.2 Å². The van der Waals surface area contributed by atoms with E-state index in [0.29, 0.717) is 16.6 Å². The number of amides is 1. The topological polar surface area (TPSA) is 82.2 Å². The third-order valence-corrected chi connectivity index (χ3v) is 3.19. The molecule has 0 aliphatic heterocycles. The normalized spacial score (nSPS) is 10.5. The van der Waals surface area contributed by atoms with Crippen LogP contribution >= 0.6 is 0 Å². The van der Waals surface area contributed by atoms with E-state index >= 15 is 0 Å². The van der Waals surface area contributed by atoms with Gasteiger partial charge in [0.15, 0.2) is 0 Å². The molecule has 0 fully saturated rings. The van der Waals surface area contributed by atoms with E-state index in [9.17, 15) is 14.7 Å². The molecule has 1 amide bonds.